The van der Waals surface area contributed by atoms with Crippen molar-refractivity contribution in [1.29, 1.82) is 0 Å². The summed E-state index contributed by atoms with van der Waals surface area (Å²) >= 11 is 0. The summed E-state index contributed by atoms with van der Waals surface area (Å²) in [6, 6.07) is 14.8. The maximum absolute atomic E-state index is 13.3. The summed E-state index contributed by atoms with van der Waals surface area (Å²) in [6.07, 6.45) is 0. The smallest absolute Gasteiger partial charge is 0.332 e. The Labute approximate surface area is 176 Å². The van der Waals surface area contributed by atoms with Gasteiger partial charge in [-0.1, -0.05) is 30.3 Å². The van der Waals surface area contributed by atoms with Gasteiger partial charge in [0.05, 0.1) is 24.1 Å². The highest BCUT2D eigenvalue weighted by Crippen LogP contribution is 2.44. The zero-order valence-corrected chi connectivity index (χ0v) is 17.2. The lowest BCUT2D eigenvalue weighted by molar-refractivity contribution is -0.116. The van der Waals surface area contributed by atoms with Crippen LogP contribution in [0.5, 0.6) is 5.75 Å². The second-order valence-electron chi connectivity index (χ2n) is 7.55. The molecule has 0 saturated carbocycles. The first-order valence-electron chi connectivity index (χ1n) is 9.78. The van der Waals surface area contributed by atoms with Gasteiger partial charge in [-0.2, -0.15) is 0 Å². The average Bonchev–Trinajstić information content (AvgIpc) is 3.33. The molecule has 2 aromatic heterocycles. The Morgan fingerprint density at radius 2 is 1.65 bits per heavy atom. The molecule has 5 rings (SSSR count). The minimum absolute atomic E-state index is 0.228. The van der Waals surface area contributed by atoms with Crippen molar-refractivity contribution in [2.75, 3.05) is 12.4 Å². The van der Waals surface area contributed by atoms with Crippen molar-refractivity contribution in [3.63, 3.8) is 0 Å². The number of anilines is 1. The third-order valence-corrected chi connectivity index (χ3v) is 5.90. The van der Waals surface area contributed by atoms with Gasteiger partial charge in [-0.05, 0) is 23.8 Å². The first-order chi connectivity index (χ1) is 14.9. The number of ether oxygens (including phenoxy) is 1. The van der Waals surface area contributed by atoms with E-state index in [0.717, 1.165) is 10.1 Å². The molecule has 1 atom stereocenters. The molecule has 2 N–H and O–H groups in total. The second kappa shape index (κ2) is 6.73. The summed E-state index contributed by atoms with van der Waals surface area (Å²) < 4.78 is 7.99. The van der Waals surface area contributed by atoms with E-state index in [2.05, 4.69) is 10.3 Å². The molecule has 3 heterocycles. The summed E-state index contributed by atoms with van der Waals surface area (Å²) in [6.45, 7) is 0. The van der Waals surface area contributed by atoms with Crippen molar-refractivity contribution in [1.82, 2.24) is 14.1 Å². The van der Waals surface area contributed by atoms with Crippen LogP contribution in [0.4, 0.5) is 5.69 Å². The fourth-order valence-corrected chi connectivity index (χ4v) is 4.39. The number of nitrogens with one attached hydrogen (secondary N) is 2. The zero-order chi connectivity index (χ0) is 21.9. The fourth-order valence-electron chi connectivity index (χ4n) is 4.39. The molecule has 0 spiro atoms. The van der Waals surface area contributed by atoms with Crippen LogP contribution in [0, 0.1) is 0 Å². The third kappa shape index (κ3) is 2.58. The van der Waals surface area contributed by atoms with E-state index in [1.54, 1.807) is 14.2 Å². The van der Waals surface area contributed by atoms with Gasteiger partial charge in [-0.3, -0.25) is 18.7 Å². The number of aromatic amines is 1. The maximum Gasteiger partial charge on any atom is 0.332 e. The molecule has 0 radical (unpaired) electrons. The largest absolute Gasteiger partial charge is 0.496 e. The van der Waals surface area contributed by atoms with Crippen molar-refractivity contribution >= 4 is 22.6 Å². The topological polar surface area (TPSA) is 98.1 Å². The predicted octanol–water partition coefficient (Wildman–Crippen LogP) is 2.32. The number of aryl methyl sites for hydroxylation is 1. The Hall–Kier alpha value is -4.07. The summed E-state index contributed by atoms with van der Waals surface area (Å²) in [5.74, 6) is -0.354. The third-order valence-electron chi connectivity index (χ3n) is 5.90. The molecule has 0 saturated heterocycles. The van der Waals surface area contributed by atoms with Gasteiger partial charge in [0.15, 0.2) is 0 Å². The van der Waals surface area contributed by atoms with E-state index in [0.29, 0.717) is 39.3 Å². The number of nitrogens with zero attached hydrogens (tertiary/aromatic N) is 2. The van der Waals surface area contributed by atoms with Crippen LogP contribution >= 0.6 is 0 Å². The lowest BCUT2D eigenvalue weighted by Gasteiger charge is -2.14. The van der Waals surface area contributed by atoms with Crippen molar-refractivity contribution in [3.8, 4) is 17.0 Å². The van der Waals surface area contributed by atoms with Crippen molar-refractivity contribution in [2.24, 2.45) is 14.1 Å². The Morgan fingerprint density at radius 3 is 2.42 bits per heavy atom. The van der Waals surface area contributed by atoms with Gasteiger partial charge >= 0.3 is 5.69 Å². The lowest BCUT2D eigenvalue weighted by atomic mass is 9.89. The number of para-hydroxylation sites is 2. The Morgan fingerprint density at radius 1 is 0.935 bits per heavy atom. The number of hydrogen-bond acceptors (Lipinski definition) is 4. The molecule has 1 aliphatic heterocycles. The summed E-state index contributed by atoms with van der Waals surface area (Å²) in [7, 11) is 4.60. The van der Waals surface area contributed by atoms with E-state index in [1.807, 2.05) is 48.5 Å². The van der Waals surface area contributed by atoms with Crippen LogP contribution in [0.15, 0.2) is 58.1 Å². The second-order valence-corrected chi connectivity index (χ2v) is 7.55. The number of rotatable bonds is 3. The first-order valence-corrected chi connectivity index (χ1v) is 9.78. The quantitative estimate of drug-likeness (QED) is 0.536. The standard InChI is InChI=1S/C23H20N4O4/c1-26-20-18(22(29)27(2)23(26)30)17(16-12-8-4-6-10-14(12)24-21(16)28)19(25-20)13-9-5-7-11-15(13)31-3/h4-11,16,25H,1-3H3,(H,24,28)/t16-/m1/s1. The molecule has 0 unspecified atom stereocenters. The van der Waals surface area contributed by atoms with Crippen molar-refractivity contribution < 1.29 is 9.53 Å². The van der Waals surface area contributed by atoms with E-state index in [1.165, 1.54) is 11.6 Å². The summed E-state index contributed by atoms with van der Waals surface area (Å²) in [5, 5.41) is 3.21. The highest BCUT2D eigenvalue weighted by Gasteiger charge is 2.37. The van der Waals surface area contributed by atoms with Crippen LogP contribution < -0.4 is 21.3 Å². The Bertz CT molecular complexity index is 1490. The Balaban J connectivity index is 1.97. The molecular weight excluding hydrogens is 396 g/mol. The van der Waals surface area contributed by atoms with E-state index in [9.17, 15) is 14.4 Å². The number of benzene rings is 2. The van der Waals surface area contributed by atoms with E-state index in [4.69, 9.17) is 4.74 Å². The van der Waals surface area contributed by atoms with Crippen LogP contribution in [0.1, 0.15) is 17.0 Å². The zero-order valence-electron chi connectivity index (χ0n) is 17.2. The molecule has 8 heteroatoms. The van der Waals surface area contributed by atoms with Gasteiger partial charge in [0.25, 0.3) is 5.56 Å². The molecule has 4 aromatic rings. The number of carbonyl (C=O) groups is 1. The van der Waals surface area contributed by atoms with Gasteiger partial charge in [-0.25, -0.2) is 4.79 Å². The van der Waals surface area contributed by atoms with Gasteiger partial charge in [0.2, 0.25) is 5.91 Å². The van der Waals surface area contributed by atoms with Crippen molar-refractivity contribution in [3.05, 3.63) is 80.5 Å². The monoisotopic (exact) mass is 416 g/mol. The minimum atomic E-state index is -0.713. The van der Waals surface area contributed by atoms with E-state index in [-0.39, 0.29) is 5.91 Å². The molecule has 0 aliphatic carbocycles. The number of amides is 1. The average molecular weight is 416 g/mol. The normalized spacial score (nSPS) is 15.2. The number of hydrogen-bond donors (Lipinski definition) is 2. The van der Waals surface area contributed by atoms with Gasteiger partial charge in [-0.15, -0.1) is 0 Å². The molecule has 1 aliphatic rings. The van der Waals surface area contributed by atoms with Crippen LogP contribution in [0.25, 0.3) is 22.3 Å². The van der Waals surface area contributed by atoms with Gasteiger partial charge in [0, 0.05) is 30.9 Å². The fraction of sp³-hybridized carbons (Fsp3) is 0.174. The number of fused-ring (bicyclic) bond motifs is 2. The molecule has 31 heavy (non-hydrogen) atoms. The molecular formula is C23H20N4O4. The molecule has 0 fully saturated rings. The highest BCUT2D eigenvalue weighted by molar-refractivity contribution is 6.09. The summed E-state index contributed by atoms with van der Waals surface area (Å²) in [5.41, 5.74) is 2.74. The number of H-pyrrole nitrogens is 1. The number of methoxy groups -OCH3 is 1. The first kappa shape index (κ1) is 18.9. The van der Waals surface area contributed by atoms with Crippen LogP contribution in [-0.2, 0) is 18.9 Å². The SMILES string of the molecule is COc1ccccc1-c1[nH]c2c(c1[C@@H]1C(=O)Nc3ccccc31)c(=O)n(C)c(=O)n2C. The predicted molar refractivity (Wildman–Crippen MR) is 118 cm³/mol. The van der Waals surface area contributed by atoms with Crippen molar-refractivity contribution in [2.45, 2.75) is 5.92 Å². The van der Waals surface area contributed by atoms with Gasteiger partial charge in [0.1, 0.15) is 11.4 Å². The van der Waals surface area contributed by atoms with E-state index >= 15 is 0 Å². The molecule has 8 nitrogen and oxygen atoms in total. The lowest BCUT2D eigenvalue weighted by Crippen LogP contribution is -2.37. The minimum Gasteiger partial charge on any atom is -0.496 e. The highest BCUT2D eigenvalue weighted by atomic mass is 16.5. The molecule has 2 aromatic carbocycles. The number of aromatic nitrogens is 3. The van der Waals surface area contributed by atoms with Crippen LogP contribution in [0.2, 0.25) is 0 Å². The molecule has 0 bridgehead atoms. The summed E-state index contributed by atoms with van der Waals surface area (Å²) in [4.78, 5) is 42.2. The van der Waals surface area contributed by atoms with E-state index < -0.39 is 17.2 Å². The Kier molecular flexibility index (Phi) is 4.11. The van der Waals surface area contributed by atoms with Crippen LogP contribution in [0.3, 0.4) is 0 Å². The molecule has 1 amide bonds. The molecule has 156 valence electrons. The maximum atomic E-state index is 13.3. The van der Waals surface area contributed by atoms with Gasteiger partial charge < -0.3 is 15.0 Å². The van der Waals surface area contributed by atoms with Crippen LogP contribution in [-0.4, -0.2) is 27.1 Å². The number of carbonyl (C=O) groups excluding carboxylic acids is 1.